The van der Waals surface area contributed by atoms with Crippen molar-refractivity contribution in [1.29, 1.82) is 0 Å². The quantitative estimate of drug-likeness (QED) is 0.172. The van der Waals surface area contributed by atoms with Gasteiger partial charge in [0.15, 0.2) is 0 Å². The average molecular weight is 447 g/mol. The number of carbonyl (C=O) groups is 1. The van der Waals surface area contributed by atoms with E-state index in [1.54, 1.807) is 42.5 Å². The summed E-state index contributed by atoms with van der Waals surface area (Å²) in [5.74, 6) is 2.02. The molecule has 0 radical (unpaired) electrons. The molecule has 0 aliphatic carbocycles. The first-order chi connectivity index (χ1) is 13.5. The first kappa shape index (κ1) is 22.0. The van der Waals surface area contributed by atoms with Crippen molar-refractivity contribution >= 4 is 21.9 Å². The van der Waals surface area contributed by atoms with Gasteiger partial charge in [0, 0.05) is 0 Å². The van der Waals surface area contributed by atoms with Gasteiger partial charge in [0.25, 0.3) is 0 Å². The van der Waals surface area contributed by atoms with E-state index in [1.807, 2.05) is 6.08 Å². The summed E-state index contributed by atoms with van der Waals surface area (Å²) in [5, 5.41) is 0. The highest BCUT2D eigenvalue weighted by Crippen LogP contribution is 2.27. The molecule has 0 bridgehead atoms. The number of ether oxygens (including phenoxy) is 3. The van der Waals surface area contributed by atoms with E-state index in [0.717, 1.165) is 25.0 Å². The number of carbonyl (C=O) groups excluding carboxylic acids is 1. The lowest BCUT2D eigenvalue weighted by Crippen LogP contribution is -2.09. The monoisotopic (exact) mass is 446 g/mol. The lowest BCUT2D eigenvalue weighted by molar-refractivity contribution is 0.0734. The molecule has 2 aromatic carbocycles. The fraction of sp³-hybridized carbons (Fsp3) is 0.348. The summed E-state index contributed by atoms with van der Waals surface area (Å²) in [6.45, 7) is 9.24. The summed E-state index contributed by atoms with van der Waals surface area (Å²) >= 11 is 3.44. The Labute approximate surface area is 175 Å². The first-order valence-electron chi connectivity index (χ1n) is 9.51. The van der Waals surface area contributed by atoms with Crippen molar-refractivity contribution in [3.63, 3.8) is 0 Å². The molecule has 0 aromatic heterocycles. The van der Waals surface area contributed by atoms with Gasteiger partial charge >= 0.3 is 5.97 Å². The summed E-state index contributed by atoms with van der Waals surface area (Å²) in [5.41, 5.74) is 0.447. The third kappa shape index (κ3) is 7.04. The highest BCUT2D eigenvalue weighted by Gasteiger charge is 2.12. The van der Waals surface area contributed by atoms with Gasteiger partial charge in [0.2, 0.25) is 0 Å². The largest absolute Gasteiger partial charge is 0.493 e. The molecule has 0 saturated heterocycles. The molecule has 4 nitrogen and oxygen atoms in total. The lowest BCUT2D eigenvalue weighted by atomic mass is 10.1. The Kier molecular flexibility index (Phi) is 9.08. The number of halogens is 1. The summed E-state index contributed by atoms with van der Waals surface area (Å²) in [7, 11) is 0. The van der Waals surface area contributed by atoms with Crippen LogP contribution in [0, 0.1) is 5.92 Å². The zero-order valence-electron chi connectivity index (χ0n) is 16.4. The van der Waals surface area contributed by atoms with E-state index in [0.29, 0.717) is 40.7 Å². The average Bonchev–Trinajstić information content (AvgIpc) is 2.71. The zero-order valence-corrected chi connectivity index (χ0v) is 18.0. The predicted octanol–water partition coefficient (Wildman–Crippen LogP) is 6.44. The van der Waals surface area contributed by atoms with Gasteiger partial charge in [-0.15, -0.1) is 6.58 Å². The molecule has 5 heteroatoms. The van der Waals surface area contributed by atoms with Crippen molar-refractivity contribution < 1.29 is 19.0 Å². The molecule has 2 rings (SSSR count). The highest BCUT2D eigenvalue weighted by molar-refractivity contribution is 9.10. The second-order valence-electron chi connectivity index (χ2n) is 6.61. The number of hydrogen-bond donors (Lipinski definition) is 0. The van der Waals surface area contributed by atoms with Gasteiger partial charge in [-0.1, -0.05) is 26.3 Å². The Bertz CT molecular complexity index is 771. The zero-order chi connectivity index (χ0) is 20.4. The van der Waals surface area contributed by atoms with Crippen molar-refractivity contribution in [3.05, 3.63) is 65.2 Å². The molecule has 0 saturated carbocycles. The number of allylic oxidation sites excluding steroid dienone is 1. The Morgan fingerprint density at radius 2 is 1.86 bits per heavy atom. The van der Waals surface area contributed by atoms with E-state index < -0.39 is 5.97 Å². The molecular formula is C23H27BrO4. The topological polar surface area (TPSA) is 44.8 Å². The van der Waals surface area contributed by atoms with Gasteiger partial charge in [0.1, 0.15) is 17.2 Å². The minimum absolute atomic E-state index is 0.424. The highest BCUT2D eigenvalue weighted by atomic mass is 79.9. The number of esters is 1. The minimum atomic E-state index is -0.424. The van der Waals surface area contributed by atoms with Crippen LogP contribution in [0.4, 0.5) is 0 Å². The normalized spacial score (nSPS) is 11.5. The Morgan fingerprint density at radius 1 is 1.14 bits per heavy atom. The molecule has 0 fully saturated rings. The molecule has 0 heterocycles. The van der Waals surface area contributed by atoms with Crippen LogP contribution in [0.1, 0.15) is 43.5 Å². The molecule has 150 valence electrons. The molecule has 0 aliphatic rings. The second-order valence-corrected chi connectivity index (χ2v) is 7.46. The maximum atomic E-state index is 12.4. The van der Waals surface area contributed by atoms with Gasteiger partial charge in [0.05, 0.1) is 23.2 Å². The van der Waals surface area contributed by atoms with Crippen molar-refractivity contribution in [3.8, 4) is 17.2 Å². The van der Waals surface area contributed by atoms with Crippen LogP contribution >= 0.6 is 15.9 Å². The lowest BCUT2D eigenvalue weighted by Gasteiger charge is -2.12. The molecule has 0 N–H and O–H groups in total. The molecule has 1 atom stereocenters. The maximum Gasteiger partial charge on any atom is 0.343 e. The first-order valence-corrected chi connectivity index (χ1v) is 10.3. The van der Waals surface area contributed by atoms with E-state index in [9.17, 15) is 4.79 Å². The Morgan fingerprint density at radius 3 is 2.50 bits per heavy atom. The predicted molar refractivity (Wildman–Crippen MR) is 115 cm³/mol. The van der Waals surface area contributed by atoms with Crippen LogP contribution in [0.2, 0.25) is 0 Å². The van der Waals surface area contributed by atoms with Crippen LogP contribution in [-0.4, -0.2) is 19.2 Å². The summed E-state index contributed by atoms with van der Waals surface area (Å²) in [4.78, 5) is 12.4. The number of benzene rings is 2. The van der Waals surface area contributed by atoms with Crippen LogP contribution in [-0.2, 0) is 0 Å². The van der Waals surface area contributed by atoms with Gasteiger partial charge in [-0.25, -0.2) is 4.79 Å². The number of unbranched alkanes of at least 4 members (excludes halogenated alkanes) is 1. The van der Waals surface area contributed by atoms with Crippen LogP contribution in [0.3, 0.4) is 0 Å². The summed E-state index contributed by atoms with van der Waals surface area (Å²) in [6.07, 6.45) is 4.74. The summed E-state index contributed by atoms with van der Waals surface area (Å²) < 4.78 is 17.6. The molecule has 0 unspecified atom stereocenters. The van der Waals surface area contributed by atoms with Crippen molar-refractivity contribution in [2.45, 2.75) is 33.1 Å². The molecule has 2 aromatic rings. The standard InChI is InChI=1S/C23H27BrO4/c1-4-6-7-14-26-22-13-8-18(15-21(22)24)23(25)28-20-11-9-19(10-12-20)27-16-17(3)5-2/h4,8-13,15,17H,1,5-7,14,16H2,2-3H3/t17-/m0/s1. The molecule has 28 heavy (non-hydrogen) atoms. The maximum absolute atomic E-state index is 12.4. The van der Waals surface area contributed by atoms with Gasteiger partial charge < -0.3 is 14.2 Å². The van der Waals surface area contributed by atoms with E-state index in [2.05, 4.69) is 36.4 Å². The molecular weight excluding hydrogens is 420 g/mol. The fourth-order valence-corrected chi connectivity index (χ4v) is 2.77. The smallest absolute Gasteiger partial charge is 0.343 e. The Hall–Kier alpha value is -2.27. The fourth-order valence-electron chi connectivity index (χ4n) is 2.28. The van der Waals surface area contributed by atoms with E-state index in [-0.39, 0.29) is 0 Å². The van der Waals surface area contributed by atoms with E-state index in [1.165, 1.54) is 0 Å². The molecule has 0 aliphatic heterocycles. The SMILES string of the molecule is C=CCCCOc1ccc(C(=O)Oc2ccc(OC[C@@H](C)CC)cc2)cc1Br. The summed E-state index contributed by atoms with van der Waals surface area (Å²) in [6, 6.07) is 12.2. The van der Waals surface area contributed by atoms with Gasteiger partial charge in [-0.3, -0.25) is 0 Å². The number of rotatable bonds is 11. The second kappa shape index (κ2) is 11.5. The van der Waals surface area contributed by atoms with E-state index in [4.69, 9.17) is 14.2 Å². The number of hydrogen-bond acceptors (Lipinski definition) is 4. The van der Waals surface area contributed by atoms with Crippen molar-refractivity contribution in [2.24, 2.45) is 5.92 Å². The van der Waals surface area contributed by atoms with E-state index >= 15 is 0 Å². The van der Waals surface area contributed by atoms with Crippen molar-refractivity contribution in [1.82, 2.24) is 0 Å². The van der Waals surface area contributed by atoms with Crippen LogP contribution in [0.5, 0.6) is 17.2 Å². The third-order valence-electron chi connectivity index (χ3n) is 4.24. The van der Waals surface area contributed by atoms with Crippen LogP contribution in [0.15, 0.2) is 59.6 Å². The van der Waals surface area contributed by atoms with Crippen molar-refractivity contribution in [2.75, 3.05) is 13.2 Å². The van der Waals surface area contributed by atoms with Crippen LogP contribution < -0.4 is 14.2 Å². The Balaban J connectivity index is 1.91. The van der Waals surface area contributed by atoms with Gasteiger partial charge in [-0.2, -0.15) is 0 Å². The van der Waals surface area contributed by atoms with Crippen LogP contribution in [0.25, 0.3) is 0 Å². The molecule has 0 amide bonds. The third-order valence-corrected chi connectivity index (χ3v) is 4.86. The molecule has 0 spiro atoms. The van der Waals surface area contributed by atoms with Gasteiger partial charge in [-0.05, 0) is 77.2 Å². The minimum Gasteiger partial charge on any atom is -0.493 e.